The molecule has 132 valence electrons. The number of methoxy groups -OCH3 is 1. The summed E-state index contributed by atoms with van der Waals surface area (Å²) in [5.74, 6) is -0.122. The third kappa shape index (κ3) is 4.10. The molecule has 1 amide bonds. The number of carbonyl (C=O) groups excluding carboxylic acids is 1. The van der Waals surface area contributed by atoms with Crippen molar-refractivity contribution < 1.29 is 18.7 Å². The van der Waals surface area contributed by atoms with Gasteiger partial charge in [-0.1, -0.05) is 42.5 Å². The zero-order valence-electron chi connectivity index (χ0n) is 14.1. The normalized spacial score (nSPS) is 10.2. The van der Waals surface area contributed by atoms with Gasteiger partial charge in [-0.05, 0) is 17.7 Å². The lowest BCUT2D eigenvalue weighted by molar-refractivity contribution is 0.0993. The minimum Gasteiger partial charge on any atom is -0.495 e. The van der Waals surface area contributed by atoms with Gasteiger partial charge in [-0.15, -0.1) is 0 Å². The molecule has 26 heavy (non-hydrogen) atoms. The molecule has 0 saturated carbocycles. The molecule has 0 aliphatic rings. The molecule has 6 heteroatoms. The van der Waals surface area contributed by atoms with Crippen molar-refractivity contribution in [3.05, 3.63) is 88.5 Å². The third-order valence-electron chi connectivity index (χ3n) is 3.61. The van der Waals surface area contributed by atoms with Crippen LogP contribution >= 0.6 is 0 Å². The van der Waals surface area contributed by atoms with E-state index < -0.39 is 11.3 Å². The molecule has 6 nitrogen and oxygen atoms in total. The number of para-hydroxylation sites is 2. The van der Waals surface area contributed by atoms with Crippen LogP contribution in [0.3, 0.4) is 0 Å². The Labute approximate surface area is 150 Å². The van der Waals surface area contributed by atoms with Gasteiger partial charge in [0, 0.05) is 6.07 Å². The van der Waals surface area contributed by atoms with Crippen LogP contribution in [0.5, 0.6) is 11.5 Å². The molecule has 1 heterocycles. The molecule has 0 aliphatic heterocycles. The summed E-state index contributed by atoms with van der Waals surface area (Å²) in [5.41, 5.74) is 0.967. The number of ether oxygens (including phenoxy) is 2. The van der Waals surface area contributed by atoms with Gasteiger partial charge in [0.1, 0.15) is 18.6 Å². The van der Waals surface area contributed by atoms with Crippen LogP contribution in [0.1, 0.15) is 16.1 Å². The highest BCUT2D eigenvalue weighted by atomic mass is 16.5. The van der Waals surface area contributed by atoms with Gasteiger partial charge in [0.25, 0.3) is 5.91 Å². The van der Waals surface area contributed by atoms with E-state index in [1.807, 2.05) is 30.3 Å². The van der Waals surface area contributed by atoms with E-state index in [9.17, 15) is 9.59 Å². The van der Waals surface area contributed by atoms with E-state index in [4.69, 9.17) is 13.9 Å². The maximum atomic E-state index is 12.3. The lowest BCUT2D eigenvalue weighted by Gasteiger charge is -2.09. The number of benzene rings is 2. The second-order valence-corrected chi connectivity index (χ2v) is 5.40. The predicted octanol–water partition coefficient (Wildman–Crippen LogP) is 3.48. The van der Waals surface area contributed by atoms with Crippen LogP contribution in [0, 0.1) is 0 Å². The number of nitrogens with one attached hydrogen (secondary N) is 1. The number of hydrogen-bond donors (Lipinski definition) is 1. The predicted molar refractivity (Wildman–Crippen MR) is 96.7 cm³/mol. The lowest BCUT2D eigenvalue weighted by atomic mass is 10.2. The summed E-state index contributed by atoms with van der Waals surface area (Å²) in [7, 11) is 1.50. The number of hydrogen-bond acceptors (Lipinski definition) is 5. The Morgan fingerprint density at radius 3 is 2.50 bits per heavy atom. The van der Waals surface area contributed by atoms with Crippen LogP contribution in [-0.2, 0) is 6.61 Å². The largest absolute Gasteiger partial charge is 0.495 e. The van der Waals surface area contributed by atoms with Crippen molar-refractivity contribution in [2.24, 2.45) is 0 Å². The van der Waals surface area contributed by atoms with Gasteiger partial charge in [0.2, 0.25) is 11.2 Å². The molecule has 0 atom stereocenters. The fourth-order valence-electron chi connectivity index (χ4n) is 2.29. The standard InChI is InChI=1S/C20H17NO5/c1-24-17-10-6-5-9-15(17)21-20(23)18-11-16(22)19(13-26-18)25-12-14-7-3-2-4-8-14/h2-11,13H,12H2,1H3,(H,21,23). The van der Waals surface area contributed by atoms with Crippen LogP contribution in [-0.4, -0.2) is 13.0 Å². The van der Waals surface area contributed by atoms with Gasteiger partial charge >= 0.3 is 0 Å². The van der Waals surface area contributed by atoms with E-state index in [-0.39, 0.29) is 18.1 Å². The van der Waals surface area contributed by atoms with Crippen molar-refractivity contribution in [3.63, 3.8) is 0 Å². The second kappa shape index (κ2) is 8.02. The molecule has 3 rings (SSSR count). The molecule has 1 aromatic heterocycles. The first-order valence-electron chi connectivity index (χ1n) is 7.91. The smallest absolute Gasteiger partial charge is 0.291 e. The molecule has 3 aromatic rings. The van der Waals surface area contributed by atoms with E-state index in [0.29, 0.717) is 11.4 Å². The fourth-order valence-corrected chi connectivity index (χ4v) is 2.29. The maximum Gasteiger partial charge on any atom is 0.291 e. The highest BCUT2D eigenvalue weighted by Gasteiger charge is 2.14. The van der Waals surface area contributed by atoms with Gasteiger partial charge < -0.3 is 19.2 Å². The quantitative estimate of drug-likeness (QED) is 0.736. The van der Waals surface area contributed by atoms with Crippen molar-refractivity contribution in [2.75, 3.05) is 12.4 Å². The number of anilines is 1. The highest BCUT2D eigenvalue weighted by molar-refractivity contribution is 6.03. The molecule has 0 unspecified atom stereocenters. The summed E-state index contributed by atoms with van der Waals surface area (Å²) in [6.07, 6.45) is 1.14. The Hall–Kier alpha value is -3.54. The van der Waals surface area contributed by atoms with Gasteiger partial charge in [0.05, 0.1) is 12.8 Å². The SMILES string of the molecule is COc1ccccc1NC(=O)c1cc(=O)c(OCc2ccccc2)co1. The van der Waals surface area contributed by atoms with Gasteiger partial charge in [-0.2, -0.15) is 0 Å². The minimum absolute atomic E-state index is 0.0442. The summed E-state index contributed by atoms with van der Waals surface area (Å²) in [6.45, 7) is 0.234. The fraction of sp³-hybridized carbons (Fsp3) is 0.100. The van der Waals surface area contributed by atoms with E-state index >= 15 is 0 Å². The summed E-state index contributed by atoms with van der Waals surface area (Å²) < 4.78 is 15.9. The molecule has 0 saturated heterocycles. The van der Waals surface area contributed by atoms with Crippen LogP contribution < -0.4 is 20.2 Å². The van der Waals surface area contributed by atoms with E-state index in [2.05, 4.69) is 5.32 Å². The molecule has 1 N–H and O–H groups in total. The summed E-state index contributed by atoms with van der Waals surface area (Å²) in [6, 6.07) is 17.5. The molecule has 0 fully saturated rings. The molecule has 0 radical (unpaired) electrons. The minimum atomic E-state index is -0.554. The molecule has 2 aromatic carbocycles. The first kappa shape index (κ1) is 17.3. The van der Waals surface area contributed by atoms with Crippen molar-refractivity contribution >= 4 is 11.6 Å². The average Bonchev–Trinajstić information content (AvgIpc) is 2.68. The number of rotatable bonds is 6. The Balaban J connectivity index is 1.70. The molecular formula is C20H17NO5. The molecular weight excluding hydrogens is 334 g/mol. The number of amides is 1. The summed E-state index contributed by atoms with van der Waals surface area (Å²) in [5, 5.41) is 2.64. The zero-order chi connectivity index (χ0) is 18.4. The van der Waals surface area contributed by atoms with Crippen molar-refractivity contribution in [1.29, 1.82) is 0 Å². The molecule has 0 spiro atoms. The third-order valence-corrected chi connectivity index (χ3v) is 3.61. The van der Waals surface area contributed by atoms with E-state index in [1.165, 1.54) is 7.11 Å². The van der Waals surface area contributed by atoms with Crippen LogP contribution in [0.2, 0.25) is 0 Å². The average molecular weight is 351 g/mol. The van der Waals surface area contributed by atoms with E-state index in [1.54, 1.807) is 24.3 Å². The van der Waals surface area contributed by atoms with Gasteiger partial charge in [-0.3, -0.25) is 9.59 Å². The summed E-state index contributed by atoms with van der Waals surface area (Å²) in [4.78, 5) is 24.4. The molecule has 0 bridgehead atoms. The second-order valence-electron chi connectivity index (χ2n) is 5.40. The van der Waals surface area contributed by atoms with Crippen LogP contribution in [0.15, 0.2) is 76.1 Å². The monoisotopic (exact) mass is 351 g/mol. The van der Waals surface area contributed by atoms with Crippen molar-refractivity contribution in [3.8, 4) is 11.5 Å². The highest BCUT2D eigenvalue weighted by Crippen LogP contribution is 2.23. The van der Waals surface area contributed by atoms with Crippen molar-refractivity contribution in [2.45, 2.75) is 6.61 Å². The maximum absolute atomic E-state index is 12.3. The Bertz CT molecular complexity index is 950. The van der Waals surface area contributed by atoms with Crippen LogP contribution in [0.4, 0.5) is 5.69 Å². The zero-order valence-corrected chi connectivity index (χ0v) is 14.1. The summed E-state index contributed by atoms with van der Waals surface area (Å²) >= 11 is 0. The van der Waals surface area contributed by atoms with Crippen LogP contribution in [0.25, 0.3) is 0 Å². The first-order chi connectivity index (χ1) is 12.7. The Morgan fingerprint density at radius 1 is 1.04 bits per heavy atom. The Kier molecular flexibility index (Phi) is 5.34. The van der Waals surface area contributed by atoms with Gasteiger partial charge in [0.15, 0.2) is 5.76 Å². The molecule has 0 aliphatic carbocycles. The van der Waals surface area contributed by atoms with Gasteiger partial charge in [-0.25, -0.2) is 0 Å². The topological polar surface area (TPSA) is 77.8 Å². The lowest BCUT2D eigenvalue weighted by Crippen LogP contribution is -2.16. The van der Waals surface area contributed by atoms with E-state index in [0.717, 1.165) is 17.9 Å². The first-order valence-corrected chi connectivity index (χ1v) is 7.91. The van der Waals surface area contributed by atoms with Crippen molar-refractivity contribution in [1.82, 2.24) is 0 Å². The number of carbonyl (C=O) groups is 1. The Morgan fingerprint density at radius 2 is 1.77 bits per heavy atom.